The average Bonchev–Trinajstić information content (AvgIpc) is 2.99. The molecule has 1 amide bonds. The van der Waals surface area contributed by atoms with Crippen LogP contribution in [0, 0.1) is 5.92 Å². The fourth-order valence-electron chi connectivity index (χ4n) is 3.59. The van der Waals surface area contributed by atoms with Gasteiger partial charge in [-0.3, -0.25) is 4.79 Å². The second kappa shape index (κ2) is 7.62. The van der Waals surface area contributed by atoms with Crippen molar-refractivity contribution >= 4 is 18.3 Å². The number of rotatable bonds is 4. The highest BCUT2D eigenvalue weighted by Gasteiger charge is 2.39. The molecule has 5 nitrogen and oxygen atoms in total. The SMILES string of the molecule is CCN(Cc1ccc2c(c1)OCO2)C(=O)C1CCCCC1(C)N.Cl. The Morgan fingerprint density at radius 1 is 1.33 bits per heavy atom. The largest absolute Gasteiger partial charge is 0.454 e. The number of carbonyl (C=O) groups excluding carboxylic acids is 1. The Bertz CT molecular complexity index is 592. The summed E-state index contributed by atoms with van der Waals surface area (Å²) < 4.78 is 10.8. The molecule has 1 saturated carbocycles. The van der Waals surface area contributed by atoms with Crippen LogP contribution >= 0.6 is 12.4 Å². The van der Waals surface area contributed by atoms with E-state index in [0.29, 0.717) is 13.1 Å². The summed E-state index contributed by atoms with van der Waals surface area (Å²) in [6, 6.07) is 5.86. The summed E-state index contributed by atoms with van der Waals surface area (Å²) >= 11 is 0. The topological polar surface area (TPSA) is 64.8 Å². The predicted molar refractivity (Wildman–Crippen MR) is 95.5 cm³/mol. The highest BCUT2D eigenvalue weighted by molar-refractivity contribution is 5.85. The second-order valence-corrected chi connectivity index (χ2v) is 6.84. The molecule has 0 aromatic heterocycles. The predicted octanol–water partition coefficient (Wildman–Crippen LogP) is 3.09. The number of hydrogen-bond acceptors (Lipinski definition) is 4. The first kappa shape index (κ1) is 18.9. The fourth-order valence-corrected chi connectivity index (χ4v) is 3.59. The Balaban J connectivity index is 0.00000208. The molecule has 1 fully saturated rings. The summed E-state index contributed by atoms with van der Waals surface area (Å²) in [5.41, 5.74) is 7.06. The minimum atomic E-state index is -0.391. The van der Waals surface area contributed by atoms with E-state index in [-0.39, 0.29) is 31.0 Å². The van der Waals surface area contributed by atoms with Crippen LogP contribution in [0.4, 0.5) is 0 Å². The number of hydrogen-bond donors (Lipinski definition) is 1. The molecular weight excluding hydrogens is 328 g/mol. The van der Waals surface area contributed by atoms with Crippen LogP contribution in [0.2, 0.25) is 0 Å². The van der Waals surface area contributed by atoms with Crippen molar-refractivity contribution in [1.82, 2.24) is 4.90 Å². The van der Waals surface area contributed by atoms with Crippen LogP contribution in [-0.2, 0) is 11.3 Å². The van der Waals surface area contributed by atoms with E-state index in [9.17, 15) is 4.79 Å². The minimum Gasteiger partial charge on any atom is -0.454 e. The van der Waals surface area contributed by atoms with Crippen LogP contribution in [0.5, 0.6) is 11.5 Å². The lowest BCUT2D eigenvalue weighted by atomic mass is 9.74. The van der Waals surface area contributed by atoms with Gasteiger partial charge in [0.05, 0.1) is 5.92 Å². The van der Waals surface area contributed by atoms with E-state index < -0.39 is 5.54 Å². The van der Waals surface area contributed by atoms with Crippen molar-refractivity contribution in [3.05, 3.63) is 23.8 Å². The van der Waals surface area contributed by atoms with Crippen molar-refractivity contribution in [1.29, 1.82) is 0 Å². The summed E-state index contributed by atoms with van der Waals surface area (Å²) in [7, 11) is 0. The van der Waals surface area contributed by atoms with Gasteiger partial charge in [0.1, 0.15) is 0 Å². The molecular formula is C18H27ClN2O3. The molecule has 2 N–H and O–H groups in total. The van der Waals surface area contributed by atoms with Gasteiger partial charge in [0.25, 0.3) is 0 Å². The molecule has 134 valence electrons. The van der Waals surface area contributed by atoms with E-state index >= 15 is 0 Å². The molecule has 0 bridgehead atoms. The molecule has 2 atom stereocenters. The molecule has 2 unspecified atom stereocenters. The number of nitrogens with two attached hydrogens (primary N) is 1. The van der Waals surface area contributed by atoms with Gasteiger partial charge in [-0.15, -0.1) is 12.4 Å². The third-order valence-electron chi connectivity index (χ3n) is 5.06. The van der Waals surface area contributed by atoms with Crippen LogP contribution < -0.4 is 15.2 Å². The maximum absolute atomic E-state index is 13.0. The third-order valence-corrected chi connectivity index (χ3v) is 5.06. The first-order chi connectivity index (χ1) is 11.0. The summed E-state index contributed by atoms with van der Waals surface area (Å²) in [6.45, 7) is 5.56. The molecule has 24 heavy (non-hydrogen) atoms. The minimum absolute atomic E-state index is 0. The van der Waals surface area contributed by atoms with Gasteiger partial charge in [-0.2, -0.15) is 0 Å². The van der Waals surface area contributed by atoms with Crippen LogP contribution in [0.25, 0.3) is 0 Å². The molecule has 0 spiro atoms. The van der Waals surface area contributed by atoms with Crippen molar-refractivity contribution in [3.8, 4) is 11.5 Å². The van der Waals surface area contributed by atoms with Gasteiger partial charge in [0.15, 0.2) is 11.5 Å². The first-order valence-corrected chi connectivity index (χ1v) is 8.47. The van der Waals surface area contributed by atoms with Crippen molar-refractivity contribution in [2.24, 2.45) is 11.7 Å². The van der Waals surface area contributed by atoms with E-state index in [0.717, 1.165) is 42.7 Å². The monoisotopic (exact) mass is 354 g/mol. The van der Waals surface area contributed by atoms with E-state index in [2.05, 4.69) is 0 Å². The van der Waals surface area contributed by atoms with E-state index in [1.165, 1.54) is 0 Å². The lowest BCUT2D eigenvalue weighted by Crippen LogP contribution is -2.53. The molecule has 1 aliphatic heterocycles. The highest BCUT2D eigenvalue weighted by Crippen LogP contribution is 2.35. The van der Waals surface area contributed by atoms with E-state index in [1.54, 1.807) is 0 Å². The van der Waals surface area contributed by atoms with Gasteiger partial charge in [-0.1, -0.05) is 18.9 Å². The molecule has 6 heteroatoms. The quantitative estimate of drug-likeness (QED) is 0.902. The Hall–Kier alpha value is -1.46. The molecule has 0 saturated heterocycles. The number of benzene rings is 1. The summed E-state index contributed by atoms with van der Waals surface area (Å²) in [6.07, 6.45) is 4.02. The van der Waals surface area contributed by atoms with Gasteiger partial charge >= 0.3 is 0 Å². The molecule has 1 aliphatic carbocycles. The van der Waals surface area contributed by atoms with Gasteiger partial charge in [0.2, 0.25) is 12.7 Å². The number of nitrogens with zero attached hydrogens (tertiary/aromatic N) is 1. The first-order valence-electron chi connectivity index (χ1n) is 8.47. The van der Waals surface area contributed by atoms with Crippen LogP contribution in [0.3, 0.4) is 0 Å². The number of amides is 1. The smallest absolute Gasteiger partial charge is 0.231 e. The van der Waals surface area contributed by atoms with Crippen molar-refractivity contribution in [2.75, 3.05) is 13.3 Å². The zero-order chi connectivity index (χ0) is 16.4. The maximum atomic E-state index is 13.0. The Kier molecular flexibility index (Phi) is 5.99. The zero-order valence-corrected chi connectivity index (χ0v) is 15.2. The summed E-state index contributed by atoms with van der Waals surface area (Å²) in [5.74, 6) is 1.62. The van der Waals surface area contributed by atoms with Crippen molar-refractivity contribution < 1.29 is 14.3 Å². The highest BCUT2D eigenvalue weighted by atomic mass is 35.5. The number of carbonyl (C=O) groups is 1. The van der Waals surface area contributed by atoms with Crippen molar-refractivity contribution in [2.45, 2.75) is 51.6 Å². The Morgan fingerprint density at radius 2 is 2.08 bits per heavy atom. The van der Waals surface area contributed by atoms with Gasteiger partial charge < -0.3 is 20.1 Å². The van der Waals surface area contributed by atoms with Gasteiger partial charge in [0, 0.05) is 18.6 Å². The van der Waals surface area contributed by atoms with E-state index in [1.807, 2.05) is 36.9 Å². The average molecular weight is 355 g/mol. The van der Waals surface area contributed by atoms with Gasteiger partial charge in [-0.05, 0) is 44.4 Å². The third kappa shape index (κ3) is 3.78. The molecule has 0 radical (unpaired) electrons. The molecule has 1 aromatic rings. The van der Waals surface area contributed by atoms with E-state index in [4.69, 9.17) is 15.2 Å². The standard InChI is InChI=1S/C18H26N2O3.ClH/c1-3-20(17(21)14-6-4-5-9-18(14,2)19)11-13-7-8-15-16(10-13)23-12-22-15;/h7-8,10,14H,3-6,9,11-12,19H2,1-2H3;1H. The lowest BCUT2D eigenvalue weighted by Gasteiger charge is -2.39. The maximum Gasteiger partial charge on any atom is 0.231 e. The molecule has 3 rings (SSSR count). The zero-order valence-electron chi connectivity index (χ0n) is 14.4. The molecule has 1 heterocycles. The van der Waals surface area contributed by atoms with Crippen LogP contribution in [0.15, 0.2) is 18.2 Å². The normalized spacial score (nSPS) is 25.0. The van der Waals surface area contributed by atoms with Crippen LogP contribution in [0.1, 0.15) is 45.1 Å². The second-order valence-electron chi connectivity index (χ2n) is 6.84. The Morgan fingerprint density at radius 3 is 2.79 bits per heavy atom. The fraction of sp³-hybridized carbons (Fsp3) is 0.611. The molecule has 2 aliphatic rings. The summed E-state index contributed by atoms with van der Waals surface area (Å²) in [5, 5.41) is 0. The number of ether oxygens (including phenoxy) is 2. The summed E-state index contributed by atoms with van der Waals surface area (Å²) in [4.78, 5) is 14.9. The Labute approximate surface area is 149 Å². The number of halogens is 1. The van der Waals surface area contributed by atoms with Gasteiger partial charge in [-0.25, -0.2) is 0 Å². The van der Waals surface area contributed by atoms with Crippen LogP contribution in [-0.4, -0.2) is 29.7 Å². The van der Waals surface area contributed by atoms with Crippen molar-refractivity contribution in [3.63, 3.8) is 0 Å². The molecule has 1 aromatic carbocycles. The number of fused-ring (bicyclic) bond motifs is 1. The lowest BCUT2D eigenvalue weighted by molar-refractivity contribution is -0.139.